The fourth-order valence-electron chi connectivity index (χ4n) is 0.944. The van der Waals surface area contributed by atoms with Crippen molar-refractivity contribution >= 4 is 17.4 Å². The van der Waals surface area contributed by atoms with Crippen molar-refractivity contribution in [2.75, 3.05) is 0 Å². The lowest BCUT2D eigenvalue weighted by atomic mass is 10.2. The molecule has 1 aromatic heterocycles. The molecule has 0 aliphatic rings. The van der Waals surface area contributed by atoms with E-state index in [1.54, 1.807) is 13.8 Å². The zero-order chi connectivity index (χ0) is 9.30. The Hall–Kier alpha value is -0.960. The first-order chi connectivity index (χ1) is 5.52. The molecule has 3 nitrogen and oxygen atoms in total. The van der Waals surface area contributed by atoms with Crippen molar-refractivity contribution in [1.29, 1.82) is 0 Å². The summed E-state index contributed by atoms with van der Waals surface area (Å²) in [4.78, 5) is 19.0. The van der Waals surface area contributed by atoms with Gasteiger partial charge < -0.3 is 0 Å². The Bertz CT molecular complexity index is 336. The van der Waals surface area contributed by atoms with E-state index in [1.165, 1.54) is 6.92 Å². The molecule has 0 aliphatic heterocycles. The van der Waals surface area contributed by atoms with E-state index in [9.17, 15) is 4.79 Å². The maximum atomic E-state index is 11.0. The van der Waals surface area contributed by atoms with Crippen LogP contribution in [0.25, 0.3) is 0 Å². The number of rotatable bonds is 1. The molecule has 0 radical (unpaired) electrons. The molecule has 0 atom stereocenters. The van der Waals surface area contributed by atoms with E-state index in [-0.39, 0.29) is 5.78 Å². The second kappa shape index (κ2) is 3.19. The lowest BCUT2D eigenvalue weighted by Crippen LogP contribution is -2.04. The summed E-state index contributed by atoms with van der Waals surface area (Å²) >= 11 is 5.70. The summed E-state index contributed by atoms with van der Waals surface area (Å²) in [6.07, 6.45) is 0. The minimum atomic E-state index is -0.109. The number of carbonyl (C=O) groups is 1. The highest BCUT2D eigenvalue weighted by atomic mass is 35.5. The number of Topliss-reactive ketones (excluding diaryl/α,β-unsaturated/α-hetero) is 1. The Morgan fingerprint density at radius 2 is 1.83 bits per heavy atom. The third kappa shape index (κ3) is 1.61. The van der Waals surface area contributed by atoms with Gasteiger partial charge in [-0.3, -0.25) is 9.78 Å². The van der Waals surface area contributed by atoms with Gasteiger partial charge in [0, 0.05) is 6.92 Å². The minimum absolute atomic E-state index is 0.109. The zero-order valence-electron chi connectivity index (χ0n) is 7.18. The summed E-state index contributed by atoms with van der Waals surface area (Å²) in [6.45, 7) is 4.95. The summed E-state index contributed by atoms with van der Waals surface area (Å²) in [6, 6.07) is 0. The van der Waals surface area contributed by atoms with Crippen LogP contribution in [0.2, 0.25) is 5.15 Å². The molecule has 12 heavy (non-hydrogen) atoms. The number of hydrogen-bond acceptors (Lipinski definition) is 3. The number of ketones is 1. The third-order valence-electron chi connectivity index (χ3n) is 1.52. The van der Waals surface area contributed by atoms with E-state index < -0.39 is 0 Å². The van der Waals surface area contributed by atoms with Crippen LogP contribution in [0.1, 0.15) is 28.8 Å². The molecule has 0 spiro atoms. The molecular weight excluding hydrogens is 176 g/mol. The Labute approximate surface area is 75.8 Å². The molecule has 64 valence electrons. The number of carbonyl (C=O) groups excluding carboxylic acids is 1. The number of aromatic nitrogens is 2. The van der Waals surface area contributed by atoms with E-state index in [1.807, 2.05) is 0 Å². The molecule has 4 heteroatoms. The maximum absolute atomic E-state index is 11.0. The number of nitrogens with zero attached hydrogens (tertiary/aromatic N) is 2. The van der Waals surface area contributed by atoms with E-state index in [2.05, 4.69) is 9.97 Å². The summed E-state index contributed by atoms with van der Waals surface area (Å²) < 4.78 is 0. The summed E-state index contributed by atoms with van der Waals surface area (Å²) in [5.41, 5.74) is 1.63. The molecule has 0 aliphatic carbocycles. The van der Waals surface area contributed by atoms with Crippen molar-refractivity contribution in [2.45, 2.75) is 20.8 Å². The molecule has 1 rings (SSSR count). The topological polar surface area (TPSA) is 42.9 Å². The van der Waals surface area contributed by atoms with Crippen LogP contribution in [-0.2, 0) is 0 Å². The summed E-state index contributed by atoms with van der Waals surface area (Å²) in [5.74, 6) is -0.109. The first-order valence-corrected chi connectivity index (χ1v) is 3.92. The van der Waals surface area contributed by atoms with Gasteiger partial charge in [0.2, 0.25) is 0 Å². The Kier molecular flexibility index (Phi) is 2.43. The zero-order valence-corrected chi connectivity index (χ0v) is 7.94. The first kappa shape index (κ1) is 9.13. The van der Waals surface area contributed by atoms with Gasteiger partial charge in [-0.05, 0) is 13.8 Å². The Morgan fingerprint density at radius 3 is 2.33 bits per heavy atom. The maximum Gasteiger partial charge on any atom is 0.180 e. The quantitative estimate of drug-likeness (QED) is 0.627. The highest BCUT2D eigenvalue weighted by molar-refractivity contribution is 6.30. The van der Waals surface area contributed by atoms with Gasteiger partial charge >= 0.3 is 0 Å². The Morgan fingerprint density at radius 1 is 1.25 bits per heavy atom. The minimum Gasteiger partial charge on any atom is -0.293 e. The summed E-state index contributed by atoms with van der Waals surface area (Å²) in [7, 11) is 0. The lowest BCUT2D eigenvalue weighted by molar-refractivity contribution is 0.101. The highest BCUT2D eigenvalue weighted by Crippen LogP contribution is 2.12. The first-order valence-electron chi connectivity index (χ1n) is 3.54. The molecule has 0 amide bonds. The molecule has 0 unspecified atom stereocenters. The van der Waals surface area contributed by atoms with Crippen molar-refractivity contribution < 1.29 is 4.79 Å². The highest BCUT2D eigenvalue weighted by Gasteiger charge is 2.09. The van der Waals surface area contributed by atoms with Crippen LogP contribution >= 0.6 is 11.6 Å². The predicted molar refractivity (Wildman–Crippen MR) is 46.5 cm³/mol. The fourth-order valence-corrected chi connectivity index (χ4v) is 1.07. The SMILES string of the molecule is CC(=O)c1nc(Cl)c(C)nc1C. The Balaban J connectivity index is 3.33. The second-order valence-corrected chi connectivity index (χ2v) is 2.95. The molecule has 0 aromatic carbocycles. The molecule has 1 heterocycles. The van der Waals surface area contributed by atoms with Gasteiger partial charge in [-0.1, -0.05) is 11.6 Å². The third-order valence-corrected chi connectivity index (χ3v) is 1.88. The molecule has 0 bridgehead atoms. The largest absolute Gasteiger partial charge is 0.293 e. The van der Waals surface area contributed by atoms with Crippen molar-refractivity contribution in [1.82, 2.24) is 9.97 Å². The van der Waals surface area contributed by atoms with Crippen LogP contribution in [0.15, 0.2) is 0 Å². The standard InChI is InChI=1S/C8H9ClN2O/c1-4-7(6(3)12)11-8(9)5(2)10-4/h1-3H3. The lowest BCUT2D eigenvalue weighted by Gasteiger charge is -2.02. The monoisotopic (exact) mass is 184 g/mol. The smallest absolute Gasteiger partial charge is 0.180 e. The summed E-state index contributed by atoms with van der Waals surface area (Å²) in [5, 5.41) is 0.297. The molecule has 0 saturated carbocycles. The number of aryl methyl sites for hydroxylation is 2. The molecule has 1 aromatic rings. The second-order valence-electron chi connectivity index (χ2n) is 2.59. The van der Waals surface area contributed by atoms with Crippen LogP contribution in [0.3, 0.4) is 0 Å². The molecular formula is C8H9ClN2O. The number of hydrogen-bond donors (Lipinski definition) is 0. The normalized spacial score (nSPS) is 10.0. The van der Waals surface area contributed by atoms with E-state index >= 15 is 0 Å². The number of halogens is 1. The van der Waals surface area contributed by atoms with Gasteiger partial charge in [-0.2, -0.15) is 0 Å². The molecule has 0 fully saturated rings. The molecule has 0 N–H and O–H groups in total. The fraction of sp³-hybridized carbons (Fsp3) is 0.375. The average Bonchev–Trinajstić information content (AvgIpc) is 1.96. The van der Waals surface area contributed by atoms with Crippen LogP contribution in [0.4, 0.5) is 0 Å². The van der Waals surface area contributed by atoms with Crippen molar-refractivity contribution in [3.63, 3.8) is 0 Å². The van der Waals surface area contributed by atoms with Gasteiger partial charge in [0.1, 0.15) is 5.69 Å². The molecule has 0 saturated heterocycles. The average molecular weight is 185 g/mol. The van der Waals surface area contributed by atoms with E-state index in [0.29, 0.717) is 22.2 Å². The van der Waals surface area contributed by atoms with Gasteiger partial charge in [-0.15, -0.1) is 0 Å². The van der Waals surface area contributed by atoms with Crippen LogP contribution < -0.4 is 0 Å². The van der Waals surface area contributed by atoms with E-state index in [4.69, 9.17) is 11.6 Å². The van der Waals surface area contributed by atoms with Crippen molar-refractivity contribution in [2.24, 2.45) is 0 Å². The van der Waals surface area contributed by atoms with E-state index in [0.717, 1.165) is 0 Å². The van der Waals surface area contributed by atoms with Gasteiger partial charge in [-0.25, -0.2) is 4.98 Å². The van der Waals surface area contributed by atoms with Gasteiger partial charge in [0.15, 0.2) is 10.9 Å². The van der Waals surface area contributed by atoms with Crippen LogP contribution in [0, 0.1) is 13.8 Å². The van der Waals surface area contributed by atoms with Crippen molar-refractivity contribution in [3.8, 4) is 0 Å². The van der Waals surface area contributed by atoms with Crippen LogP contribution in [-0.4, -0.2) is 15.8 Å². The van der Waals surface area contributed by atoms with Gasteiger partial charge in [0.25, 0.3) is 0 Å². The van der Waals surface area contributed by atoms with Gasteiger partial charge in [0.05, 0.1) is 11.4 Å². The van der Waals surface area contributed by atoms with Crippen molar-refractivity contribution in [3.05, 3.63) is 22.2 Å². The predicted octanol–water partition coefficient (Wildman–Crippen LogP) is 1.95. The van der Waals surface area contributed by atoms with Crippen LogP contribution in [0.5, 0.6) is 0 Å².